The highest BCUT2D eigenvalue weighted by Crippen LogP contribution is 2.46. The Morgan fingerprint density at radius 1 is 1.15 bits per heavy atom. The average molecular weight is 686 g/mol. The molecular weight excluding hydrogens is 656 g/mol. The second kappa shape index (κ2) is 11.1. The van der Waals surface area contributed by atoms with E-state index in [2.05, 4.69) is 20.6 Å². The van der Waals surface area contributed by atoms with Gasteiger partial charge in [0, 0.05) is 50.0 Å². The number of anilines is 4. The minimum absolute atomic E-state index is 0.0574. The SMILES string of the molecule is Cn1c(=O)c2c(c3cc(Nc4nc(N5CCC(F)(F)C(CC(=O)N6CC(F)(F)C6)C5)ncc4Cl)ccc31)N[C@@H](C1CC1)C(F)(F)CO2. The van der Waals surface area contributed by atoms with E-state index >= 15 is 8.78 Å². The molecule has 0 radical (unpaired) electrons. The molecule has 2 aromatic heterocycles. The molecule has 0 spiro atoms. The van der Waals surface area contributed by atoms with Gasteiger partial charge in [0.1, 0.15) is 5.02 Å². The van der Waals surface area contributed by atoms with Crippen LogP contribution in [0.1, 0.15) is 25.7 Å². The van der Waals surface area contributed by atoms with Gasteiger partial charge >= 0.3 is 5.92 Å². The second-order valence-electron chi connectivity index (χ2n) is 12.8. The van der Waals surface area contributed by atoms with Crippen LogP contribution in [0.25, 0.3) is 10.9 Å². The van der Waals surface area contributed by atoms with Gasteiger partial charge in [0.05, 0.1) is 36.5 Å². The van der Waals surface area contributed by atoms with Gasteiger partial charge in [0.2, 0.25) is 17.6 Å². The van der Waals surface area contributed by atoms with E-state index in [0.717, 1.165) is 4.90 Å². The standard InChI is InChI=1S/C30H30ClF6N7O3/c1-42-20-5-4-17(9-18(20)22-23(26(42)46)47-14-30(36,37)24(40-22)15-2-3-15)39-25-19(31)10-38-27(41-25)43-7-6-29(34,35)16(11-43)8-21(45)44-12-28(32,33)13-44/h4-5,9-10,15-16,24,40H,2-3,6-8,11-14H2,1H3,(H,38,39,41)/t16?,24-/m0/s1. The van der Waals surface area contributed by atoms with Gasteiger partial charge < -0.3 is 29.7 Å². The van der Waals surface area contributed by atoms with Crippen molar-refractivity contribution in [1.82, 2.24) is 19.4 Å². The summed E-state index contributed by atoms with van der Waals surface area (Å²) in [6.07, 6.45) is 1.36. The lowest BCUT2D eigenvalue weighted by Crippen LogP contribution is -2.59. The molecule has 1 aromatic carbocycles. The molecule has 3 aromatic rings. The maximum Gasteiger partial charge on any atom is 0.301 e. The number of nitrogens with one attached hydrogen (secondary N) is 2. The molecule has 47 heavy (non-hydrogen) atoms. The highest BCUT2D eigenvalue weighted by molar-refractivity contribution is 6.33. The monoisotopic (exact) mass is 685 g/mol. The first-order valence-corrected chi connectivity index (χ1v) is 15.5. The summed E-state index contributed by atoms with van der Waals surface area (Å²) >= 11 is 6.40. The van der Waals surface area contributed by atoms with Crippen molar-refractivity contribution in [3.63, 3.8) is 0 Å². The molecule has 1 saturated carbocycles. The lowest BCUT2D eigenvalue weighted by atomic mass is 9.89. The van der Waals surface area contributed by atoms with Gasteiger partial charge in [0.25, 0.3) is 17.4 Å². The normalized spacial score (nSPS) is 24.4. The molecule has 2 atom stereocenters. The molecule has 7 rings (SSSR count). The van der Waals surface area contributed by atoms with Crippen LogP contribution in [0.15, 0.2) is 29.2 Å². The van der Waals surface area contributed by atoms with Crippen molar-refractivity contribution < 1.29 is 35.9 Å². The fraction of sp³-hybridized carbons (Fsp3) is 0.533. The number of aryl methyl sites for hydroxylation is 1. The number of nitrogens with zero attached hydrogens (tertiary/aromatic N) is 5. The van der Waals surface area contributed by atoms with Crippen molar-refractivity contribution in [3.8, 4) is 5.75 Å². The number of rotatable bonds is 6. The number of pyridine rings is 1. The first-order valence-electron chi connectivity index (χ1n) is 15.1. The number of halogens is 7. The molecule has 252 valence electrons. The highest BCUT2D eigenvalue weighted by atomic mass is 35.5. The topological polar surface area (TPSA) is 105 Å². The Balaban J connectivity index is 1.15. The van der Waals surface area contributed by atoms with Gasteiger partial charge in [-0.1, -0.05) is 11.6 Å². The minimum atomic E-state index is -3.20. The number of hydrogen-bond acceptors (Lipinski definition) is 8. The maximum absolute atomic E-state index is 15.0. The first kappa shape index (κ1) is 31.6. The van der Waals surface area contributed by atoms with Crippen LogP contribution in [0.3, 0.4) is 0 Å². The summed E-state index contributed by atoms with van der Waals surface area (Å²) in [5, 5.41) is 6.52. The third kappa shape index (κ3) is 5.89. The summed E-state index contributed by atoms with van der Waals surface area (Å²) in [5.41, 5.74) is 0.477. The number of carbonyl (C=O) groups is 1. The molecular formula is C30H30ClF6N7O3. The molecule has 17 heteroatoms. The number of ether oxygens (including phenoxy) is 1. The number of benzene rings is 1. The summed E-state index contributed by atoms with van der Waals surface area (Å²) in [5.74, 6) is -11.9. The molecule has 2 saturated heterocycles. The smallest absolute Gasteiger partial charge is 0.301 e. The molecule has 4 aliphatic rings. The number of aromatic nitrogens is 3. The van der Waals surface area contributed by atoms with Crippen LogP contribution in [0.5, 0.6) is 5.75 Å². The zero-order valence-electron chi connectivity index (χ0n) is 25.0. The minimum Gasteiger partial charge on any atom is -0.480 e. The second-order valence-corrected chi connectivity index (χ2v) is 13.2. The van der Waals surface area contributed by atoms with Crippen LogP contribution >= 0.6 is 11.6 Å². The number of likely N-dealkylation sites (tertiary alicyclic amines) is 1. The Bertz CT molecular complexity index is 1810. The third-order valence-electron chi connectivity index (χ3n) is 9.26. The van der Waals surface area contributed by atoms with Gasteiger partial charge in [-0.2, -0.15) is 4.98 Å². The van der Waals surface area contributed by atoms with E-state index in [9.17, 15) is 27.2 Å². The van der Waals surface area contributed by atoms with Crippen LogP contribution in [0.2, 0.25) is 5.02 Å². The molecule has 1 aliphatic carbocycles. The summed E-state index contributed by atoms with van der Waals surface area (Å²) in [4.78, 5) is 36.5. The van der Waals surface area contributed by atoms with Crippen LogP contribution in [-0.2, 0) is 11.8 Å². The zero-order valence-corrected chi connectivity index (χ0v) is 25.8. The van der Waals surface area contributed by atoms with Gasteiger partial charge in [0.15, 0.2) is 12.4 Å². The lowest BCUT2D eigenvalue weighted by Gasteiger charge is -2.42. The van der Waals surface area contributed by atoms with Crippen LogP contribution in [-0.4, -0.2) is 81.9 Å². The molecule has 1 amide bonds. The van der Waals surface area contributed by atoms with Crippen molar-refractivity contribution in [3.05, 3.63) is 39.8 Å². The molecule has 2 N–H and O–H groups in total. The van der Waals surface area contributed by atoms with Gasteiger partial charge in [-0.25, -0.2) is 31.3 Å². The number of hydrogen-bond donors (Lipinski definition) is 2. The largest absolute Gasteiger partial charge is 0.480 e. The highest BCUT2D eigenvalue weighted by Gasteiger charge is 2.52. The summed E-state index contributed by atoms with van der Waals surface area (Å²) in [7, 11) is 1.51. The predicted octanol–water partition coefficient (Wildman–Crippen LogP) is 5.27. The van der Waals surface area contributed by atoms with E-state index in [1.54, 1.807) is 18.2 Å². The number of piperidine rings is 1. The van der Waals surface area contributed by atoms with Crippen molar-refractivity contribution in [1.29, 1.82) is 0 Å². The lowest BCUT2D eigenvalue weighted by molar-refractivity contribution is -0.170. The van der Waals surface area contributed by atoms with Gasteiger partial charge in [-0.05, 0) is 37.0 Å². The number of carbonyl (C=O) groups excluding carboxylic acids is 1. The summed E-state index contributed by atoms with van der Waals surface area (Å²) in [6.45, 7) is -2.92. The predicted molar refractivity (Wildman–Crippen MR) is 162 cm³/mol. The van der Waals surface area contributed by atoms with E-state index in [-0.39, 0.29) is 47.2 Å². The summed E-state index contributed by atoms with van der Waals surface area (Å²) in [6, 6.07) is 3.70. The van der Waals surface area contributed by atoms with E-state index in [1.807, 2.05) is 0 Å². The van der Waals surface area contributed by atoms with Gasteiger partial charge in [-0.15, -0.1) is 0 Å². The van der Waals surface area contributed by atoms with E-state index in [4.69, 9.17) is 16.3 Å². The first-order chi connectivity index (χ1) is 22.1. The Hall–Kier alpha value is -3.95. The molecule has 3 fully saturated rings. The fourth-order valence-corrected chi connectivity index (χ4v) is 6.56. The molecule has 1 unspecified atom stereocenters. The average Bonchev–Trinajstić information content (AvgIpc) is 3.84. The Labute approximate surface area is 269 Å². The van der Waals surface area contributed by atoms with Crippen molar-refractivity contribution in [2.24, 2.45) is 18.9 Å². The van der Waals surface area contributed by atoms with Crippen LogP contribution in [0.4, 0.5) is 49.5 Å². The van der Waals surface area contributed by atoms with Crippen LogP contribution < -0.4 is 25.8 Å². The molecule has 10 nitrogen and oxygen atoms in total. The Morgan fingerprint density at radius 3 is 2.60 bits per heavy atom. The number of alkyl halides is 6. The van der Waals surface area contributed by atoms with Crippen molar-refractivity contribution in [2.75, 3.05) is 48.3 Å². The zero-order chi connectivity index (χ0) is 33.5. The van der Waals surface area contributed by atoms with Gasteiger partial charge in [-0.3, -0.25) is 9.59 Å². The van der Waals surface area contributed by atoms with E-state index < -0.39 is 73.7 Å². The van der Waals surface area contributed by atoms with Crippen molar-refractivity contribution in [2.45, 2.75) is 49.5 Å². The Morgan fingerprint density at radius 2 is 1.89 bits per heavy atom. The van der Waals surface area contributed by atoms with Crippen LogP contribution in [0, 0.1) is 11.8 Å². The molecule has 5 heterocycles. The Kier molecular flexibility index (Phi) is 7.44. The quantitative estimate of drug-likeness (QED) is 0.339. The summed E-state index contributed by atoms with van der Waals surface area (Å²) < 4.78 is 92.8. The number of amides is 1. The van der Waals surface area contributed by atoms with Crippen molar-refractivity contribution >= 4 is 51.6 Å². The van der Waals surface area contributed by atoms with E-state index in [0.29, 0.717) is 29.4 Å². The third-order valence-corrected chi connectivity index (χ3v) is 9.54. The molecule has 3 aliphatic heterocycles. The van der Waals surface area contributed by atoms with E-state index in [1.165, 1.54) is 22.7 Å². The molecule has 0 bridgehead atoms. The number of fused-ring (bicyclic) bond motifs is 3. The maximum atomic E-state index is 15.0. The fourth-order valence-electron chi connectivity index (χ4n) is 6.42.